The molecule has 1 aliphatic rings. The molecule has 0 spiro atoms. The van der Waals surface area contributed by atoms with E-state index < -0.39 is 22.5 Å². The fraction of sp³-hybridized carbons (Fsp3) is 0.300. The van der Waals surface area contributed by atoms with Gasteiger partial charge in [-0.3, -0.25) is 13.9 Å². The number of halogens is 2. The largest absolute Gasteiger partial charge is 0.378 e. The monoisotopic (exact) mass is 485 g/mol. The average molecular weight is 486 g/mol. The Morgan fingerprint density at radius 1 is 1.13 bits per heavy atom. The predicted octanol–water partition coefficient (Wildman–Crippen LogP) is 2.87. The van der Waals surface area contributed by atoms with Crippen LogP contribution in [0.3, 0.4) is 0 Å². The molecule has 2 aromatic rings. The van der Waals surface area contributed by atoms with Gasteiger partial charge in [-0.05, 0) is 30.3 Å². The number of carbonyl (C=O) groups is 2. The Bertz CT molecular complexity index is 1090. The van der Waals surface area contributed by atoms with E-state index in [9.17, 15) is 18.0 Å². The lowest BCUT2D eigenvalue weighted by Crippen LogP contribution is -2.41. The molecule has 166 valence electrons. The van der Waals surface area contributed by atoms with E-state index in [0.717, 1.165) is 10.6 Å². The van der Waals surface area contributed by atoms with Crippen LogP contribution < -0.4 is 9.62 Å². The van der Waals surface area contributed by atoms with Crippen molar-refractivity contribution in [3.05, 3.63) is 58.1 Å². The van der Waals surface area contributed by atoms with Gasteiger partial charge in [0, 0.05) is 18.1 Å². The molecular weight excluding hydrogens is 465 g/mol. The lowest BCUT2D eigenvalue weighted by molar-refractivity contribution is -0.114. The van der Waals surface area contributed by atoms with Crippen LogP contribution in [0.2, 0.25) is 10.0 Å². The number of hydrogen-bond donors (Lipinski definition) is 1. The number of nitrogens with zero attached hydrogens (tertiary/aromatic N) is 2. The van der Waals surface area contributed by atoms with E-state index in [1.54, 1.807) is 29.2 Å². The molecular formula is C20H21Cl2N3O5S. The Labute approximate surface area is 190 Å². The Hall–Kier alpha value is -2.33. The van der Waals surface area contributed by atoms with Crippen molar-refractivity contribution >= 4 is 56.4 Å². The van der Waals surface area contributed by atoms with Crippen molar-refractivity contribution in [3.8, 4) is 0 Å². The van der Waals surface area contributed by atoms with Gasteiger partial charge in [-0.25, -0.2) is 8.42 Å². The van der Waals surface area contributed by atoms with Gasteiger partial charge < -0.3 is 15.0 Å². The summed E-state index contributed by atoms with van der Waals surface area (Å²) in [5, 5.41) is 3.04. The maximum atomic E-state index is 12.9. The number of sulfonamides is 1. The van der Waals surface area contributed by atoms with Crippen molar-refractivity contribution in [2.75, 3.05) is 48.7 Å². The van der Waals surface area contributed by atoms with Crippen molar-refractivity contribution in [3.63, 3.8) is 0 Å². The van der Waals surface area contributed by atoms with Gasteiger partial charge in [-0.1, -0.05) is 35.3 Å². The van der Waals surface area contributed by atoms with Crippen molar-refractivity contribution < 1.29 is 22.7 Å². The summed E-state index contributed by atoms with van der Waals surface area (Å²) in [6.45, 7) is 1.26. The van der Waals surface area contributed by atoms with Gasteiger partial charge >= 0.3 is 0 Å². The minimum atomic E-state index is -3.85. The Balaban J connectivity index is 1.82. The molecule has 1 aliphatic heterocycles. The summed E-state index contributed by atoms with van der Waals surface area (Å²) >= 11 is 12.1. The van der Waals surface area contributed by atoms with Crippen LogP contribution in [0.15, 0.2) is 42.5 Å². The number of nitrogens with one attached hydrogen (secondary N) is 1. The van der Waals surface area contributed by atoms with Crippen molar-refractivity contribution in [1.29, 1.82) is 0 Å². The van der Waals surface area contributed by atoms with E-state index in [4.69, 9.17) is 27.9 Å². The fourth-order valence-corrected chi connectivity index (χ4v) is 4.39. The molecule has 2 amide bonds. The van der Waals surface area contributed by atoms with Crippen LogP contribution >= 0.6 is 23.2 Å². The van der Waals surface area contributed by atoms with Gasteiger partial charge in [-0.2, -0.15) is 0 Å². The van der Waals surface area contributed by atoms with Crippen LogP contribution in [0.4, 0.5) is 11.4 Å². The standard InChI is InChI=1S/C20H21Cl2N3O5S/c1-31(28,29)25(18-12-14(21)6-7-16(18)22)13-19(26)23-17-5-3-2-4-15(17)20(27)24-8-10-30-11-9-24/h2-7,12H,8-11,13H2,1H3,(H,23,26). The lowest BCUT2D eigenvalue weighted by atomic mass is 10.1. The second-order valence-electron chi connectivity index (χ2n) is 6.86. The molecule has 0 bridgehead atoms. The summed E-state index contributed by atoms with van der Waals surface area (Å²) in [6.07, 6.45) is 0.966. The first-order valence-corrected chi connectivity index (χ1v) is 12.0. The third-order valence-corrected chi connectivity index (χ3v) is 6.28. The highest BCUT2D eigenvalue weighted by molar-refractivity contribution is 7.92. The molecule has 11 heteroatoms. The zero-order chi connectivity index (χ0) is 22.6. The van der Waals surface area contributed by atoms with Gasteiger partial charge in [0.05, 0.1) is 41.4 Å². The third-order valence-electron chi connectivity index (χ3n) is 4.59. The average Bonchev–Trinajstić information content (AvgIpc) is 2.74. The first-order chi connectivity index (χ1) is 14.7. The first kappa shape index (κ1) is 23.3. The van der Waals surface area contributed by atoms with Gasteiger partial charge in [0.15, 0.2) is 0 Å². The topological polar surface area (TPSA) is 96.0 Å². The summed E-state index contributed by atoms with van der Waals surface area (Å²) in [5.74, 6) is -0.874. The smallest absolute Gasteiger partial charge is 0.256 e. The summed E-state index contributed by atoms with van der Waals surface area (Å²) in [4.78, 5) is 27.3. The molecule has 3 rings (SSSR count). The minimum absolute atomic E-state index is 0.0875. The number of hydrogen-bond acceptors (Lipinski definition) is 5. The second-order valence-corrected chi connectivity index (χ2v) is 9.61. The fourth-order valence-electron chi connectivity index (χ4n) is 3.09. The van der Waals surface area contributed by atoms with E-state index in [1.165, 1.54) is 18.2 Å². The van der Waals surface area contributed by atoms with Gasteiger partial charge in [-0.15, -0.1) is 0 Å². The summed E-state index contributed by atoms with van der Waals surface area (Å²) in [6, 6.07) is 10.9. The lowest BCUT2D eigenvalue weighted by Gasteiger charge is -2.28. The molecule has 0 aliphatic carbocycles. The van der Waals surface area contributed by atoms with Gasteiger partial charge in [0.25, 0.3) is 5.91 Å². The van der Waals surface area contributed by atoms with E-state index in [1.807, 2.05) is 0 Å². The summed E-state index contributed by atoms with van der Waals surface area (Å²) in [5.41, 5.74) is 0.684. The molecule has 8 nitrogen and oxygen atoms in total. The number of para-hydroxylation sites is 1. The maximum Gasteiger partial charge on any atom is 0.256 e. The molecule has 0 saturated carbocycles. The molecule has 0 radical (unpaired) electrons. The van der Waals surface area contributed by atoms with E-state index in [0.29, 0.717) is 31.9 Å². The number of benzene rings is 2. The number of anilines is 2. The number of rotatable bonds is 6. The van der Waals surface area contributed by atoms with Crippen LogP contribution in [-0.4, -0.2) is 64.2 Å². The van der Waals surface area contributed by atoms with Gasteiger partial charge in [0.1, 0.15) is 6.54 Å². The zero-order valence-electron chi connectivity index (χ0n) is 16.7. The molecule has 1 N–H and O–H groups in total. The Kier molecular flexibility index (Phi) is 7.42. The molecule has 1 saturated heterocycles. The van der Waals surface area contributed by atoms with Crippen LogP contribution in [0.1, 0.15) is 10.4 Å². The van der Waals surface area contributed by atoms with Crippen LogP contribution in [-0.2, 0) is 19.6 Å². The van der Waals surface area contributed by atoms with Crippen molar-refractivity contribution in [2.24, 2.45) is 0 Å². The number of carbonyl (C=O) groups excluding carboxylic acids is 2. The second kappa shape index (κ2) is 9.86. The number of amides is 2. The SMILES string of the molecule is CS(=O)(=O)N(CC(=O)Nc1ccccc1C(=O)N1CCOCC1)c1cc(Cl)ccc1Cl. The molecule has 0 unspecified atom stereocenters. The van der Waals surface area contributed by atoms with Crippen LogP contribution in [0.5, 0.6) is 0 Å². The highest BCUT2D eigenvalue weighted by Crippen LogP contribution is 2.30. The summed E-state index contributed by atoms with van der Waals surface area (Å²) < 4.78 is 30.8. The highest BCUT2D eigenvalue weighted by atomic mass is 35.5. The number of morpholine rings is 1. The summed E-state index contributed by atoms with van der Waals surface area (Å²) in [7, 11) is -3.85. The van der Waals surface area contributed by atoms with Crippen molar-refractivity contribution in [2.45, 2.75) is 0 Å². The molecule has 1 fully saturated rings. The maximum absolute atomic E-state index is 12.9. The molecule has 2 aromatic carbocycles. The zero-order valence-corrected chi connectivity index (χ0v) is 19.0. The van der Waals surface area contributed by atoms with Crippen molar-refractivity contribution in [1.82, 2.24) is 4.90 Å². The van der Waals surface area contributed by atoms with E-state index >= 15 is 0 Å². The quantitative estimate of drug-likeness (QED) is 0.678. The van der Waals surface area contributed by atoms with E-state index in [-0.39, 0.29) is 27.3 Å². The Morgan fingerprint density at radius 2 is 1.81 bits per heavy atom. The molecule has 1 heterocycles. The predicted molar refractivity (Wildman–Crippen MR) is 120 cm³/mol. The highest BCUT2D eigenvalue weighted by Gasteiger charge is 2.25. The van der Waals surface area contributed by atoms with Crippen LogP contribution in [0.25, 0.3) is 0 Å². The molecule has 31 heavy (non-hydrogen) atoms. The minimum Gasteiger partial charge on any atom is -0.378 e. The Morgan fingerprint density at radius 3 is 2.48 bits per heavy atom. The van der Waals surface area contributed by atoms with Crippen LogP contribution in [0, 0.1) is 0 Å². The molecule has 0 atom stereocenters. The number of ether oxygens (including phenoxy) is 1. The third kappa shape index (κ3) is 5.88. The normalized spacial score (nSPS) is 14.2. The van der Waals surface area contributed by atoms with Gasteiger partial charge in [0.2, 0.25) is 15.9 Å². The van der Waals surface area contributed by atoms with E-state index in [2.05, 4.69) is 5.32 Å². The molecule has 0 aromatic heterocycles. The first-order valence-electron chi connectivity index (χ1n) is 9.35.